The second-order valence-corrected chi connectivity index (χ2v) is 4.52. The first-order valence-electron chi connectivity index (χ1n) is 4.97. The van der Waals surface area contributed by atoms with E-state index in [4.69, 9.17) is 23.2 Å². The Morgan fingerprint density at radius 2 is 1.60 bits per heavy atom. The van der Waals surface area contributed by atoms with Crippen molar-refractivity contribution in [2.24, 2.45) is 5.92 Å². The molecule has 0 atom stereocenters. The Morgan fingerprint density at radius 3 is 2.13 bits per heavy atom. The lowest BCUT2D eigenvalue weighted by Gasteiger charge is -2.30. The highest BCUT2D eigenvalue weighted by atomic mass is 35.5. The fourth-order valence-corrected chi connectivity index (χ4v) is 2.02. The third-order valence-corrected chi connectivity index (χ3v) is 2.97. The van der Waals surface area contributed by atoms with Gasteiger partial charge in [0.15, 0.2) is 0 Å². The first-order valence-corrected chi connectivity index (χ1v) is 5.73. The molecule has 0 amide bonds. The maximum atomic E-state index is 5.72. The van der Waals surface area contributed by atoms with Crippen molar-refractivity contribution in [2.45, 2.75) is 19.8 Å². The van der Waals surface area contributed by atoms with Gasteiger partial charge in [0.2, 0.25) is 16.5 Å². The second-order valence-electron chi connectivity index (χ2n) is 3.84. The molecule has 2 rings (SSSR count). The molecule has 2 heterocycles. The van der Waals surface area contributed by atoms with Crippen LogP contribution in [0.4, 0.5) is 5.95 Å². The average molecular weight is 247 g/mol. The molecule has 0 aliphatic carbocycles. The van der Waals surface area contributed by atoms with Crippen LogP contribution >= 0.6 is 23.2 Å². The quantitative estimate of drug-likeness (QED) is 0.764. The van der Waals surface area contributed by atoms with Crippen molar-refractivity contribution in [3.8, 4) is 0 Å². The Balaban J connectivity index is 2.15. The maximum absolute atomic E-state index is 5.72. The van der Waals surface area contributed by atoms with E-state index in [0.717, 1.165) is 31.8 Å². The maximum Gasteiger partial charge on any atom is 0.230 e. The lowest BCUT2D eigenvalue weighted by molar-refractivity contribution is 0.434. The molecule has 0 spiro atoms. The van der Waals surface area contributed by atoms with Gasteiger partial charge in [0.1, 0.15) is 0 Å². The van der Waals surface area contributed by atoms with Crippen LogP contribution in [0.2, 0.25) is 10.6 Å². The lowest BCUT2D eigenvalue weighted by Crippen LogP contribution is -2.34. The standard InChI is InChI=1S/C9H12Cl2N4/c1-6-2-4-15(5-3-6)9-13-7(10)12-8(11)14-9/h6H,2-5H2,1H3. The fraction of sp³-hybridized carbons (Fsp3) is 0.667. The average Bonchev–Trinajstić information content (AvgIpc) is 2.17. The van der Waals surface area contributed by atoms with Crippen LogP contribution < -0.4 is 4.90 Å². The molecular formula is C9H12Cl2N4. The summed E-state index contributed by atoms with van der Waals surface area (Å²) in [5.41, 5.74) is 0. The summed E-state index contributed by atoms with van der Waals surface area (Å²) in [5, 5.41) is 0.312. The molecule has 1 aromatic heterocycles. The van der Waals surface area contributed by atoms with Crippen LogP contribution in [0.3, 0.4) is 0 Å². The molecule has 0 N–H and O–H groups in total. The van der Waals surface area contributed by atoms with E-state index in [0.29, 0.717) is 5.95 Å². The zero-order chi connectivity index (χ0) is 10.8. The molecule has 0 aromatic carbocycles. The molecule has 0 radical (unpaired) electrons. The van der Waals surface area contributed by atoms with Crippen LogP contribution in [-0.4, -0.2) is 28.0 Å². The molecule has 0 unspecified atom stereocenters. The van der Waals surface area contributed by atoms with E-state index in [2.05, 4.69) is 26.8 Å². The zero-order valence-electron chi connectivity index (χ0n) is 8.45. The van der Waals surface area contributed by atoms with Gasteiger partial charge >= 0.3 is 0 Å². The topological polar surface area (TPSA) is 41.9 Å². The summed E-state index contributed by atoms with van der Waals surface area (Å²) < 4.78 is 0. The van der Waals surface area contributed by atoms with E-state index in [9.17, 15) is 0 Å². The normalized spacial score (nSPS) is 18.2. The van der Waals surface area contributed by atoms with Gasteiger partial charge < -0.3 is 4.90 Å². The van der Waals surface area contributed by atoms with Crippen LogP contribution in [0.5, 0.6) is 0 Å². The molecule has 15 heavy (non-hydrogen) atoms. The van der Waals surface area contributed by atoms with Gasteiger partial charge in [-0.1, -0.05) is 6.92 Å². The summed E-state index contributed by atoms with van der Waals surface area (Å²) in [5.74, 6) is 1.36. The molecule has 0 saturated carbocycles. The van der Waals surface area contributed by atoms with Crippen LogP contribution in [-0.2, 0) is 0 Å². The minimum Gasteiger partial charge on any atom is -0.341 e. The predicted octanol–water partition coefficient (Wildman–Crippen LogP) is 2.41. The molecular weight excluding hydrogens is 235 g/mol. The van der Waals surface area contributed by atoms with Gasteiger partial charge in [-0.25, -0.2) is 0 Å². The Morgan fingerprint density at radius 1 is 1.07 bits per heavy atom. The first-order chi connectivity index (χ1) is 7.15. The Hall–Kier alpha value is -0.610. The van der Waals surface area contributed by atoms with Gasteiger partial charge in [0.25, 0.3) is 0 Å². The van der Waals surface area contributed by atoms with Gasteiger partial charge in [-0.05, 0) is 42.0 Å². The Bertz CT molecular complexity index is 330. The largest absolute Gasteiger partial charge is 0.341 e. The highest BCUT2D eigenvalue weighted by molar-refractivity contribution is 6.31. The molecule has 4 nitrogen and oxygen atoms in total. The number of hydrogen-bond acceptors (Lipinski definition) is 4. The minimum atomic E-state index is 0.156. The number of aromatic nitrogens is 3. The van der Waals surface area contributed by atoms with Crippen molar-refractivity contribution in [1.82, 2.24) is 15.0 Å². The highest BCUT2D eigenvalue weighted by Gasteiger charge is 2.18. The highest BCUT2D eigenvalue weighted by Crippen LogP contribution is 2.21. The number of nitrogens with zero attached hydrogens (tertiary/aromatic N) is 4. The smallest absolute Gasteiger partial charge is 0.230 e. The molecule has 1 saturated heterocycles. The minimum absolute atomic E-state index is 0.156. The van der Waals surface area contributed by atoms with E-state index >= 15 is 0 Å². The molecule has 1 aliphatic rings. The summed E-state index contributed by atoms with van der Waals surface area (Å²) in [7, 11) is 0. The van der Waals surface area contributed by atoms with Gasteiger partial charge in [-0.2, -0.15) is 15.0 Å². The third kappa shape index (κ3) is 2.69. The van der Waals surface area contributed by atoms with E-state index in [1.165, 1.54) is 0 Å². The summed E-state index contributed by atoms with van der Waals surface area (Å²) in [4.78, 5) is 14.0. The summed E-state index contributed by atoms with van der Waals surface area (Å²) in [6.45, 7) is 4.17. The zero-order valence-corrected chi connectivity index (χ0v) is 9.96. The predicted molar refractivity (Wildman–Crippen MR) is 60.5 cm³/mol. The summed E-state index contributed by atoms with van der Waals surface area (Å²) in [6.07, 6.45) is 2.31. The molecule has 6 heteroatoms. The molecule has 1 aliphatic heterocycles. The van der Waals surface area contributed by atoms with E-state index in [-0.39, 0.29) is 10.6 Å². The van der Waals surface area contributed by atoms with Crippen LogP contribution in [0.25, 0.3) is 0 Å². The van der Waals surface area contributed by atoms with Crippen molar-refractivity contribution in [1.29, 1.82) is 0 Å². The van der Waals surface area contributed by atoms with Crippen LogP contribution in [0.15, 0.2) is 0 Å². The van der Waals surface area contributed by atoms with E-state index < -0.39 is 0 Å². The Kier molecular flexibility index (Phi) is 3.26. The van der Waals surface area contributed by atoms with Crippen molar-refractivity contribution in [3.63, 3.8) is 0 Å². The molecule has 0 bridgehead atoms. The van der Waals surface area contributed by atoms with Gasteiger partial charge in [-0.15, -0.1) is 0 Å². The molecule has 1 fully saturated rings. The second kappa shape index (κ2) is 4.49. The monoisotopic (exact) mass is 246 g/mol. The third-order valence-electron chi connectivity index (χ3n) is 2.64. The van der Waals surface area contributed by atoms with Gasteiger partial charge in [0.05, 0.1) is 0 Å². The van der Waals surface area contributed by atoms with Crippen LogP contribution in [0, 0.1) is 5.92 Å². The molecule has 1 aromatic rings. The SMILES string of the molecule is CC1CCN(c2nc(Cl)nc(Cl)n2)CC1. The van der Waals surface area contributed by atoms with E-state index in [1.807, 2.05) is 0 Å². The van der Waals surface area contributed by atoms with E-state index in [1.54, 1.807) is 0 Å². The first kappa shape index (κ1) is 10.9. The summed E-state index contributed by atoms with van der Waals surface area (Å²) in [6, 6.07) is 0. The van der Waals surface area contributed by atoms with Gasteiger partial charge in [-0.3, -0.25) is 0 Å². The van der Waals surface area contributed by atoms with Crippen molar-refractivity contribution >= 4 is 29.2 Å². The number of piperidine rings is 1. The van der Waals surface area contributed by atoms with Crippen molar-refractivity contribution in [3.05, 3.63) is 10.6 Å². The van der Waals surface area contributed by atoms with Crippen LogP contribution in [0.1, 0.15) is 19.8 Å². The summed E-state index contributed by atoms with van der Waals surface area (Å²) >= 11 is 11.4. The number of halogens is 2. The van der Waals surface area contributed by atoms with Crippen molar-refractivity contribution < 1.29 is 0 Å². The number of anilines is 1. The molecule has 82 valence electrons. The lowest BCUT2D eigenvalue weighted by atomic mass is 10.00. The Labute approximate surface area is 98.6 Å². The van der Waals surface area contributed by atoms with Crippen molar-refractivity contribution in [2.75, 3.05) is 18.0 Å². The number of hydrogen-bond donors (Lipinski definition) is 0. The van der Waals surface area contributed by atoms with Gasteiger partial charge in [0, 0.05) is 13.1 Å². The fourth-order valence-electron chi connectivity index (χ4n) is 1.67. The number of rotatable bonds is 1.